The number of ether oxygens (including phenoxy) is 1. The number of benzene rings is 3. The number of halogens is 1. The Hall–Kier alpha value is -3.67. The van der Waals surface area contributed by atoms with Gasteiger partial charge in [0.1, 0.15) is 17.6 Å². The normalized spacial score (nSPS) is 12.5. The van der Waals surface area contributed by atoms with Crippen LogP contribution < -0.4 is 10.1 Å². The highest BCUT2D eigenvalue weighted by Crippen LogP contribution is 2.17. The smallest absolute Gasteiger partial charge is 0.261 e. The molecule has 0 aliphatic heterocycles. The Morgan fingerprint density at radius 1 is 0.943 bits per heavy atom. The second-order valence-electron chi connectivity index (χ2n) is 8.77. The lowest BCUT2D eigenvalue weighted by Gasteiger charge is -2.32. The maximum atomic E-state index is 13.5. The van der Waals surface area contributed by atoms with Crippen molar-refractivity contribution in [2.75, 3.05) is 6.61 Å². The number of aryl methyl sites for hydroxylation is 1. The zero-order valence-electron chi connectivity index (χ0n) is 20.5. The highest BCUT2D eigenvalue weighted by molar-refractivity contribution is 5.88. The van der Waals surface area contributed by atoms with E-state index >= 15 is 0 Å². The van der Waals surface area contributed by atoms with Gasteiger partial charge in [-0.1, -0.05) is 67.1 Å². The van der Waals surface area contributed by atoms with Crippen LogP contribution in [0.4, 0.5) is 4.39 Å². The molecule has 1 N–H and O–H groups in total. The Kier molecular flexibility index (Phi) is 9.41. The summed E-state index contributed by atoms with van der Waals surface area (Å²) in [6.45, 7) is 5.84. The number of carbonyl (C=O) groups excluding carboxylic acids is 2. The molecule has 0 fully saturated rings. The minimum Gasteiger partial charge on any atom is -0.484 e. The van der Waals surface area contributed by atoms with Crippen molar-refractivity contribution in [2.45, 2.75) is 52.2 Å². The quantitative estimate of drug-likeness (QED) is 0.421. The Morgan fingerprint density at radius 2 is 1.60 bits per heavy atom. The van der Waals surface area contributed by atoms with Crippen molar-refractivity contribution in [3.63, 3.8) is 0 Å². The summed E-state index contributed by atoms with van der Waals surface area (Å²) >= 11 is 0. The Morgan fingerprint density at radius 3 is 2.23 bits per heavy atom. The van der Waals surface area contributed by atoms with Crippen LogP contribution in [0.1, 0.15) is 37.0 Å². The van der Waals surface area contributed by atoms with Crippen LogP contribution in [0.25, 0.3) is 0 Å². The van der Waals surface area contributed by atoms with E-state index in [1.54, 1.807) is 12.1 Å². The fourth-order valence-electron chi connectivity index (χ4n) is 3.64. The number of hydrogen-bond donors (Lipinski definition) is 1. The minimum atomic E-state index is -0.759. The summed E-state index contributed by atoms with van der Waals surface area (Å²) in [5.74, 6) is -0.330. The van der Waals surface area contributed by atoms with Crippen molar-refractivity contribution in [3.8, 4) is 5.75 Å². The van der Waals surface area contributed by atoms with Gasteiger partial charge in [0.2, 0.25) is 5.91 Å². The fraction of sp³-hybridized carbons (Fsp3) is 0.310. The lowest BCUT2D eigenvalue weighted by atomic mass is 10.0. The Balaban J connectivity index is 1.89. The molecule has 2 atom stereocenters. The second kappa shape index (κ2) is 12.7. The van der Waals surface area contributed by atoms with Crippen LogP contribution in [0.5, 0.6) is 5.75 Å². The highest BCUT2D eigenvalue weighted by Gasteiger charge is 2.31. The van der Waals surface area contributed by atoms with Gasteiger partial charge in [0.25, 0.3) is 5.91 Å². The Labute approximate surface area is 206 Å². The molecule has 0 saturated heterocycles. The molecule has 0 radical (unpaired) electrons. The molecule has 0 heterocycles. The molecule has 35 heavy (non-hydrogen) atoms. The minimum absolute atomic E-state index is 0.0349. The monoisotopic (exact) mass is 476 g/mol. The van der Waals surface area contributed by atoms with Crippen molar-refractivity contribution in [3.05, 3.63) is 101 Å². The molecular formula is C29H33FN2O3. The average Bonchev–Trinajstić information content (AvgIpc) is 2.87. The first kappa shape index (κ1) is 25.9. The maximum absolute atomic E-state index is 13.5. The van der Waals surface area contributed by atoms with E-state index in [0.717, 1.165) is 23.1 Å². The summed E-state index contributed by atoms with van der Waals surface area (Å²) in [6.07, 6.45) is 1.12. The van der Waals surface area contributed by atoms with E-state index in [2.05, 4.69) is 5.32 Å². The molecule has 6 heteroatoms. The van der Waals surface area contributed by atoms with E-state index in [1.165, 1.54) is 17.0 Å². The molecule has 5 nitrogen and oxygen atoms in total. The van der Waals surface area contributed by atoms with Crippen molar-refractivity contribution in [2.24, 2.45) is 0 Å². The number of nitrogens with zero attached hydrogens (tertiary/aromatic N) is 1. The van der Waals surface area contributed by atoms with Gasteiger partial charge >= 0.3 is 0 Å². The van der Waals surface area contributed by atoms with Crippen LogP contribution in [0.2, 0.25) is 0 Å². The van der Waals surface area contributed by atoms with E-state index in [9.17, 15) is 14.0 Å². The van der Waals surface area contributed by atoms with Crippen LogP contribution in [0.15, 0.2) is 78.9 Å². The summed E-state index contributed by atoms with van der Waals surface area (Å²) < 4.78 is 19.3. The predicted molar refractivity (Wildman–Crippen MR) is 135 cm³/mol. The molecule has 2 amide bonds. The average molecular weight is 477 g/mol. The largest absolute Gasteiger partial charge is 0.484 e. The molecule has 0 bridgehead atoms. The van der Waals surface area contributed by atoms with Gasteiger partial charge in [0.05, 0.1) is 0 Å². The first-order chi connectivity index (χ1) is 16.9. The summed E-state index contributed by atoms with van der Waals surface area (Å²) in [5.41, 5.74) is 2.75. The molecule has 0 spiro atoms. The second-order valence-corrected chi connectivity index (χ2v) is 8.77. The van der Waals surface area contributed by atoms with Crippen molar-refractivity contribution >= 4 is 11.8 Å². The zero-order chi connectivity index (χ0) is 25.2. The van der Waals surface area contributed by atoms with Gasteiger partial charge in [-0.2, -0.15) is 0 Å². The molecule has 0 aliphatic rings. The van der Waals surface area contributed by atoms with E-state index in [4.69, 9.17) is 4.74 Å². The molecule has 3 aromatic carbocycles. The van der Waals surface area contributed by atoms with Gasteiger partial charge in [-0.15, -0.1) is 0 Å². The molecule has 184 valence electrons. The van der Waals surface area contributed by atoms with Crippen molar-refractivity contribution < 1.29 is 18.7 Å². The number of nitrogens with one attached hydrogen (secondary N) is 1. The van der Waals surface area contributed by atoms with Crippen LogP contribution in [0.3, 0.4) is 0 Å². The van der Waals surface area contributed by atoms with Crippen molar-refractivity contribution in [1.29, 1.82) is 0 Å². The topological polar surface area (TPSA) is 58.6 Å². The highest BCUT2D eigenvalue weighted by atomic mass is 19.1. The van der Waals surface area contributed by atoms with Crippen LogP contribution in [-0.2, 0) is 22.6 Å². The van der Waals surface area contributed by atoms with Crippen LogP contribution in [-0.4, -0.2) is 35.4 Å². The third kappa shape index (κ3) is 7.95. The third-order valence-corrected chi connectivity index (χ3v) is 5.92. The first-order valence-corrected chi connectivity index (χ1v) is 11.9. The molecule has 0 saturated carbocycles. The van der Waals surface area contributed by atoms with Gasteiger partial charge in [-0.3, -0.25) is 9.59 Å². The standard InChI is InChI=1S/C29H33FN2O3/c1-4-22(3)31-29(34)27(18-23-8-6-5-7-9-23)32(19-24-12-14-25(30)15-13-24)28(33)20-35-26-16-10-21(2)11-17-26/h5-17,22,27H,4,18-20H2,1-3H3,(H,31,34). The lowest BCUT2D eigenvalue weighted by Crippen LogP contribution is -2.53. The number of hydrogen-bond acceptors (Lipinski definition) is 3. The van der Waals surface area contributed by atoms with E-state index in [1.807, 2.05) is 75.4 Å². The molecule has 3 rings (SSSR count). The zero-order valence-corrected chi connectivity index (χ0v) is 20.5. The summed E-state index contributed by atoms with van der Waals surface area (Å²) in [5, 5.41) is 3.03. The summed E-state index contributed by atoms with van der Waals surface area (Å²) in [4.78, 5) is 28.4. The van der Waals surface area contributed by atoms with Crippen molar-refractivity contribution in [1.82, 2.24) is 10.2 Å². The van der Waals surface area contributed by atoms with Gasteiger partial charge in [0, 0.05) is 19.0 Å². The maximum Gasteiger partial charge on any atom is 0.261 e. The lowest BCUT2D eigenvalue weighted by molar-refractivity contribution is -0.143. The van der Waals surface area contributed by atoms with Gasteiger partial charge < -0.3 is 15.0 Å². The molecule has 3 aromatic rings. The van der Waals surface area contributed by atoms with Gasteiger partial charge in [-0.05, 0) is 55.7 Å². The molecule has 2 unspecified atom stereocenters. The molecule has 0 aliphatic carbocycles. The van der Waals surface area contributed by atoms with Gasteiger partial charge in [-0.25, -0.2) is 4.39 Å². The van der Waals surface area contributed by atoms with Crippen LogP contribution >= 0.6 is 0 Å². The fourth-order valence-corrected chi connectivity index (χ4v) is 3.64. The van der Waals surface area contributed by atoms with E-state index in [0.29, 0.717) is 12.2 Å². The summed E-state index contributed by atoms with van der Waals surface area (Å²) in [7, 11) is 0. The Bertz CT molecular complexity index is 1090. The number of rotatable bonds is 11. The SMILES string of the molecule is CCC(C)NC(=O)C(Cc1ccccc1)N(Cc1ccc(F)cc1)C(=O)COc1ccc(C)cc1. The van der Waals surface area contributed by atoms with E-state index in [-0.39, 0.29) is 36.8 Å². The first-order valence-electron chi connectivity index (χ1n) is 11.9. The number of carbonyl (C=O) groups is 2. The molecular weight excluding hydrogens is 443 g/mol. The van der Waals surface area contributed by atoms with Gasteiger partial charge in [0.15, 0.2) is 6.61 Å². The predicted octanol–water partition coefficient (Wildman–Crippen LogP) is 5.07. The summed E-state index contributed by atoms with van der Waals surface area (Å²) in [6, 6.07) is 22.2. The molecule has 0 aromatic heterocycles. The number of amides is 2. The van der Waals surface area contributed by atoms with E-state index < -0.39 is 6.04 Å². The van der Waals surface area contributed by atoms with Crippen LogP contribution in [0, 0.1) is 12.7 Å². The third-order valence-electron chi connectivity index (χ3n) is 5.92.